The van der Waals surface area contributed by atoms with Gasteiger partial charge in [-0.25, -0.2) is 0 Å². The van der Waals surface area contributed by atoms with E-state index in [0.717, 1.165) is 43.8 Å². The molecule has 0 radical (unpaired) electrons. The molecule has 1 aliphatic heterocycles. The van der Waals surface area contributed by atoms with Gasteiger partial charge in [-0.3, -0.25) is 4.79 Å². The second kappa shape index (κ2) is 11.1. The molecule has 3 N–H and O–H groups in total. The van der Waals surface area contributed by atoms with Crippen LogP contribution in [0.25, 0.3) is 0 Å². The summed E-state index contributed by atoms with van der Waals surface area (Å²) in [5.41, 5.74) is 6.39. The number of nitrogens with two attached hydrogens (primary N) is 1. The third kappa shape index (κ3) is 5.32. The van der Waals surface area contributed by atoms with Crippen molar-refractivity contribution in [3.05, 3.63) is 23.2 Å². The van der Waals surface area contributed by atoms with Crippen LogP contribution in [0.2, 0.25) is 5.02 Å². The molecular formula is C18H30Cl3N3O2. The molecule has 0 spiro atoms. The summed E-state index contributed by atoms with van der Waals surface area (Å²) >= 11 is 6.12. The van der Waals surface area contributed by atoms with Gasteiger partial charge in [0.1, 0.15) is 5.75 Å². The largest absolute Gasteiger partial charge is 0.495 e. The number of hydrogen-bond acceptors (Lipinski definition) is 4. The number of amides is 1. The quantitative estimate of drug-likeness (QED) is 0.698. The van der Waals surface area contributed by atoms with E-state index in [1.807, 2.05) is 32.0 Å². The molecule has 8 heteroatoms. The molecule has 0 aromatic heterocycles. The molecule has 0 saturated carbocycles. The van der Waals surface area contributed by atoms with Gasteiger partial charge in [-0.1, -0.05) is 25.4 Å². The lowest BCUT2D eigenvalue weighted by molar-refractivity contribution is -0.131. The first kappa shape index (κ1) is 25.1. The molecule has 1 amide bonds. The minimum atomic E-state index is -0.457. The topological polar surface area (TPSA) is 67.6 Å². The number of carbonyl (C=O) groups excluding carboxylic acids is 1. The van der Waals surface area contributed by atoms with Gasteiger partial charge in [0.15, 0.2) is 0 Å². The summed E-state index contributed by atoms with van der Waals surface area (Å²) in [6.45, 7) is 6.03. The highest BCUT2D eigenvalue weighted by molar-refractivity contribution is 6.30. The van der Waals surface area contributed by atoms with Crippen LogP contribution >= 0.6 is 36.4 Å². The van der Waals surface area contributed by atoms with Gasteiger partial charge in [-0.15, -0.1) is 24.8 Å². The Morgan fingerprint density at radius 1 is 1.38 bits per heavy atom. The zero-order valence-corrected chi connectivity index (χ0v) is 18.0. The van der Waals surface area contributed by atoms with E-state index in [2.05, 4.69) is 10.2 Å². The van der Waals surface area contributed by atoms with Gasteiger partial charge < -0.3 is 20.7 Å². The van der Waals surface area contributed by atoms with Crippen molar-refractivity contribution in [2.75, 3.05) is 31.6 Å². The summed E-state index contributed by atoms with van der Waals surface area (Å²) < 4.78 is 5.43. The first-order chi connectivity index (χ1) is 11.5. The smallest absolute Gasteiger partial charge is 0.227 e. The van der Waals surface area contributed by atoms with Crippen LogP contribution in [0.5, 0.6) is 5.75 Å². The zero-order valence-electron chi connectivity index (χ0n) is 15.6. The van der Waals surface area contributed by atoms with E-state index < -0.39 is 5.41 Å². The van der Waals surface area contributed by atoms with Crippen molar-refractivity contribution in [2.45, 2.75) is 39.2 Å². The predicted octanol–water partition coefficient (Wildman–Crippen LogP) is 3.65. The van der Waals surface area contributed by atoms with E-state index in [9.17, 15) is 4.79 Å². The Kier molecular flexibility index (Phi) is 10.7. The molecule has 0 bridgehead atoms. The minimum absolute atomic E-state index is 0. The molecule has 150 valence electrons. The first-order valence-electron chi connectivity index (χ1n) is 8.59. The van der Waals surface area contributed by atoms with Gasteiger partial charge >= 0.3 is 0 Å². The highest BCUT2D eigenvalue weighted by Gasteiger charge is 2.36. The first-order valence-corrected chi connectivity index (χ1v) is 8.97. The molecule has 1 aromatic carbocycles. The number of hydrogen-bond donors (Lipinski definition) is 2. The van der Waals surface area contributed by atoms with Crippen molar-refractivity contribution in [3.63, 3.8) is 0 Å². The Bertz CT molecular complexity index is 575. The number of rotatable bonds is 7. The van der Waals surface area contributed by atoms with E-state index in [-0.39, 0.29) is 36.8 Å². The van der Waals surface area contributed by atoms with Crippen LogP contribution in [-0.2, 0) is 4.79 Å². The maximum Gasteiger partial charge on any atom is 0.227 e. The van der Waals surface area contributed by atoms with Crippen molar-refractivity contribution < 1.29 is 9.53 Å². The van der Waals surface area contributed by atoms with Gasteiger partial charge in [0.2, 0.25) is 5.91 Å². The highest BCUT2D eigenvalue weighted by atomic mass is 35.5. The molecule has 2 rings (SSSR count). The van der Waals surface area contributed by atoms with E-state index in [0.29, 0.717) is 11.6 Å². The van der Waals surface area contributed by atoms with Crippen molar-refractivity contribution in [1.29, 1.82) is 0 Å². The second-order valence-electron chi connectivity index (χ2n) is 6.41. The van der Waals surface area contributed by atoms with Crippen molar-refractivity contribution in [3.8, 4) is 5.75 Å². The molecule has 1 aliphatic rings. The third-order valence-corrected chi connectivity index (χ3v) is 5.47. The normalized spacial score (nSPS) is 16.5. The number of nitrogens with one attached hydrogen (secondary N) is 1. The molecule has 1 unspecified atom stereocenters. The van der Waals surface area contributed by atoms with Gasteiger partial charge in [-0.05, 0) is 37.5 Å². The molecule has 1 saturated heterocycles. The fourth-order valence-corrected chi connectivity index (χ4v) is 3.46. The second-order valence-corrected chi connectivity index (χ2v) is 6.85. The number of benzene rings is 1. The van der Waals surface area contributed by atoms with Gasteiger partial charge in [0.05, 0.1) is 18.2 Å². The van der Waals surface area contributed by atoms with Crippen LogP contribution in [-0.4, -0.2) is 38.7 Å². The number of halogens is 3. The van der Waals surface area contributed by atoms with Gasteiger partial charge in [0, 0.05) is 30.7 Å². The maximum atomic E-state index is 12.7. The van der Waals surface area contributed by atoms with Crippen molar-refractivity contribution >= 4 is 48.0 Å². The lowest BCUT2D eigenvalue weighted by Crippen LogP contribution is -2.49. The average Bonchev–Trinajstić information content (AvgIpc) is 3.05. The lowest BCUT2D eigenvalue weighted by atomic mass is 9.81. The summed E-state index contributed by atoms with van der Waals surface area (Å²) in [6, 6.07) is 5.71. The Morgan fingerprint density at radius 2 is 2.04 bits per heavy atom. The summed E-state index contributed by atoms with van der Waals surface area (Å²) in [5.74, 6) is 0.865. The zero-order chi connectivity index (χ0) is 17.7. The molecule has 1 heterocycles. The number of nitrogens with zero attached hydrogens (tertiary/aromatic N) is 1. The standard InChI is InChI=1S/C18H28ClN3O2.2ClH/c1-4-18(5-2,12-20)17(23)21-14-8-9-22(11-14)15-10-13(19)6-7-16(15)24-3;;/h6-7,10,14H,4-5,8-9,11-12,20H2,1-3H3,(H,21,23);2*1H. The molecular weight excluding hydrogens is 397 g/mol. The fourth-order valence-electron chi connectivity index (χ4n) is 3.30. The van der Waals surface area contributed by atoms with Crippen LogP contribution in [0.15, 0.2) is 18.2 Å². The molecule has 0 aliphatic carbocycles. The van der Waals surface area contributed by atoms with E-state index in [1.165, 1.54) is 0 Å². The molecule has 1 aromatic rings. The monoisotopic (exact) mass is 425 g/mol. The van der Waals surface area contributed by atoms with Crippen LogP contribution in [0.3, 0.4) is 0 Å². The van der Waals surface area contributed by atoms with Crippen molar-refractivity contribution in [1.82, 2.24) is 5.32 Å². The third-order valence-electron chi connectivity index (χ3n) is 5.23. The predicted molar refractivity (Wildman–Crippen MR) is 113 cm³/mol. The number of ether oxygens (including phenoxy) is 1. The number of anilines is 1. The summed E-state index contributed by atoms with van der Waals surface area (Å²) in [7, 11) is 1.65. The number of methoxy groups -OCH3 is 1. The van der Waals surface area contributed by atoms with E-state index in [1.54, 1.807) is 7.11 Å². The van der Waals surface area contributed by atoms with Gasteiger partial charge in [0.25, 0.3) is 0 Å². The molecule has 5 nitrogen and oxygen atoms in total. The van der Waals surface area contributed by atoms with Crippen LogP contribution in [0.1, 0.15) is 33.1 Å². The Morgan fingerprint density at radius 3 is 2.58 bits per heavy atom. The SMILES string of the molecule is CCC(CC)(CN)C(=O)NC1CCN(c2cc(Cl)ccc2OC)C1.Cl.Cl. The summed E-state index contributed by atoms with van der Waals surface area (Å²) in [6.07, 6.45) is 2.41. The molecule has 1 atom stereocenters. The van der Waals surface area contributed by atoms with Crippen LogP contribution in [0.4, 0.5) is 5.69 Å². The molecule has 1 fully saturated rings. The maximum absolute atomic E-state index is 12.7. The lowest BCUT2D eigenvalue weighted by Gasteiger charge is -2.30. The van der Waals surface area contributed by atoms with E-state index >= 15 is 0 Å². The average molecular weight is 427 g/mol. The van der Waals surface area contributed by atoms with E-state index in [4.69, 9.17) is 22.1 Å². The molecule has 26 heavy (non-hydrogen) atoms. The number of carbonyl (C=O) groups is 1. The van der Waals surface area contributed by atoms with Crippen LogP contribution in [0, 0.1) is 5.41 Å². The fraction of sp³-hybridized carbons (Fsp3) is 0.611. The highest BCUT2D eigenvalue weighted by Crippen LogP contribution is 2.33. The Labute approximate surface area is 173 Å². The Balaban J connectivity index is 0.00000312. The minimum Gasteiger partial charge on any atom is -0.495 e. The summed E-state index contributed by atoms with van der Waals surface area (Å²) in [4.78, 5) is 14.9. The van der Waals surface area contributed by atoms with Crippen LogP contribution < -0.4 is 20.7 Å². The van der Waals surface area contributed by atoms with Gasteiger partial charge in [-0.2, -0.15) is 0 Å². The van der Waals surface area contributed by atoms with Crippen molar-refractivity contribution in [2.24, 2.45) is 11.1 Å². The Hall–Kier alpha value is -0.880. The summed E-state index contributed by atoms with van der Waals surface area (Å²) in [5, 5.41) is 3.87.